The van der Waals surface area contributed by atoms with Gasteiger partial charge in [-0.1, -0.05) is 12.0 Å². The molecule has 5 rings (SSSR count). The van der Waals surface area contributed by atoms with Crippen LogP contribution in [-0.4, -0.2) is 60.4 Å². The summed E-state index contributed by atoms with van der Waals surface area (Å²) < 4.78 is 9.17. The number of rotatable bonds is 7. The second kappa shape index (κ2) is 11.1. The molecule has 0 saturated carbocycles. The number of nitrogens with two attached hydrogens (primary N) is 1. The fourth-order valence-electron chi connectivity index (χ4n) is 4.93. The number of carbonyl (C=O) groups is 1. The van der Waals surface area contributed by atoms with Crippen molar-refractivity contribution in [3.8, 4) is 11.8 Å². The van der Waals surface area contributed by atoms with Crippen LogP contribution in [0, 0.1) is 11.8 Å². The third-order valence-corrected chi connectivity index (χ3v) is 6.72. The van der Waals surface area contributed by atoms with Crippen LogP contribution in [0.25, 0.3) is 22.2 Å². The van der Waals surface area contributed by atoms with Gasteiger partial charge in [0.15, 0.2) is 11.2 Å². The van der Waals surface area contributed by atoms with Crippen molar-refractivity contribution in [1.29, 1.82) is 0 Å². The second-order valence-electron chi connectivity index (χ2n) is 9.39. The van der Waals surface area contributed by atoms with Gasteiger partial charge in [-0.3, -0.25) is 33.3 Å². The van der Waals surface area contributed by atoms with Gasteiger partial charge in [0.2, 0.25) is 5.95 Å². The average Bonchev–Trinajstić information content (AvgIpc) is 3.32. The monoisotopic (exact) mass is 530 g/mol. The number of carbonyl (C=O) groups excluding carboxylic acids is 1. The third-order valence-electron chi connectivity index (χ3n) is 6.72. The largest absolute Gasteiger partial charge is 0.465 e. The number of aromatic nitrogens is 6. The summed E-state index contributed by atoms with van der Waals surface area (Å²) in [4.78, 5) is 55.6. The van der Waals surface area contributed by atoms with Crippen molar-refractivity contribution in [3.63, 3.8) is 0 Å². The van der Waals surface area contributed by atoms with E-state index in [1.165, 1.54) is 4.57 Å². The lowest BCUT2D eigenvalue weighted by atomic mass is 10.1. The van der Waals surface area contributed by atoms with Gasteiger partial charge in [0, 0.05) is 31.5 Å². The van der Waals surface area contributed by atoms with E-state index < -0.39 is 17.2 Å². The number of esters is 1. The number of imidazole rings is 1. The van der Waals surface area contributed by atoms with Crippen molar-refractivity contribution in [3.05, 3.63) is 57.0 Å². The summed E-state index contributed by atoms with van der Waals surface area (Å²) in [5.41, 5.74) is 7.39. The number of anilines is 1. The predicted octanol–water partition coefficient (Wildman–Crippen LogP) is 0.865. The molecule has 4 heterocycles. The van der Waals surface area contributed by atoms with E-state index in [0.717, 1.165) is 17.4 Å². The molecule has 1 fully saturated rings. The van der Waals surface area contributed by atoms with Gasteiger partial charge in [-0.25, -0.2) is 4.79 Å². The molecule has 1 unspecified atom stereocenters. The molecule has 0 radical (unpaired) electrons. The Morgan fingerprint density at radius 3 is 2.69 bits per heavy atom. The van der Waals surface area contributed by atoms with Gasteiger partial charge in [-0.05, 0) is 44.4 Å². The van der Waals surface area contributed by atoms with Crippen molar-refractivity contribution in [2.75, 3.05) is 24.6 Å². The van der Waals surface area contributed by atoms with Gasteiger partial charge >= 0.3 is 11.7 Å². The fraction of sp³-hybridized carbons (Fsp3) is 0.407. The first-order valence-electron chi connectivity index (χ1n) is 12.9. The Labute approximate surface area is 224 Å². The van der Waals surface area contributed by atoms with Crippen LogP contribution in [0.4, 0.5) is 5.95 Å². The summed E-state index contributed by atoms with van der Waals surface area (Å²) in [6.07, 6.45) is 4.94. The number of piperidine rings is 1. The Morgan fingerprint density at radius 1 is 1.15 bits per heavy atom. The van der Waals surface area contributed by atoms with Gasteiger partial charge in [-0.2, -0.15) is 4.98 Å². The Balaban J connectivity index is 1.73. The zero-order valence-corrected chi connectivity index (χ0v) is 22.0. The van der Waals surface area contributed by atoms with Crippen molar-refractivity contribution in [1.82, 2.24) is 28.7 Å². The number of fused-ring (bicyclic) bond motifs is 2. The highest BCUT2D eigenvalue weighted by Gasteiger charge is 2.27. The molecule has 1 aliphatic heterocycles. The Bertz CT molecular complexity index is 1730. The highest BCUT2D eigenvalue weighted by molar-refractivity contribution is 5.78. The minimum atomic E-state index is -0.659. The molecule has 2 N–H and O–H groups in total. The first-order valence-corrected chi connectivity index (χ1v) is 12.9. The molecular weight excluding hydrogens is 500 g/mol. The highest BCUT2D eigenvalue weighted by Crippen LogP contribution is 2.23. The number of ether oxygens (including phenoxy) is 1. The van der Waals surface area contributed by atoms with Crippen LogP contribution in [0.1, 0.15) is 32.3 Å². The van der Waals surface area contributed by atoms with Crippen LogP contribution in [0.3, 0.4) is 0 Å². The summed E-state index contributed by atoms with van der Waals surface area (Å²) in [7, 11) is 0. The van der Waals surface area contributed by atoms with E-state index in [1.54, 1.807) is 49.0 Å². The van der Waals surface area contributed by atoms with Gasteiger partial charge in [0.1, 0.15) is 6.54 Å². The molecule has 0 amide bonds. The first kappa shape index (κ1) is 26.1. The van der Waals surface area contributed by atoms with Crippen LogP contribution < -0.4 is 21.9 Å². The van der Waals surface area contributed by atoms with E-state index in [9.17, 15) is 14.4 Å². The van der Waals surface area contributed by atoms with Crippen molar-refractivity contribution in [2.24, 2.45) is 5.73 Å². The van der Waals surface area contributed by atoms with Crippen LogP contribution in [-0.2, 0) is 29.2 Å². The van der Waals surface area contributed by atoms with Crippen molar-refractivity contribution in [2.45, 2.75) is 52.4 Å². The molecule has 12 heteroatoms. The van der Waals surface area contributed by atoms with E-state index in [2.05, 4.69) is 21.8 Å². The third kappa shape index (κ3) is 5.13. The van der Waals surface area contributed by atoms with E-state index in [0.29, 0.717) is 35.6 Å². The fourth-order valence-corrected chi connectivity index (χ4v) is 4.93. The maximum absolute atomic E-state index is 14.0. The van der Waals surface area contributed by atoms with E-state index in [-0.39, 0.29) is 43.4 Å². The molecular formula is C27H30N8O4. The molecule has 1 aliphatic rings. The predicted molar refractivity (Wildman–Crippen MR) is 146 cm³/mol. The quantitative estimate of drug-likeness (QED) is 0.272. The summed E-state index contributed by atoms with van der Waals surface area (Å²) in [6.45, 7) is 4.59. The Hall–Kier alpha value is -4.50. The van der Waals surface area contributed by atoms with Crippen molar-refractivity contribution >= 4 is 34.1 Å². The first-order chi connectivity index (χ1) is 18.9. The number of nitrogens with zero attached hydrogens (tertiary/aromatic N) is 7. The summed E-state index contributed by atoms with van der Waals surface area (Å²) in [5.74, 6) is 5.78. The smallest absolute Gasteiger partial charge is 0.333 e. The highest BCUT2D eigenvalue weighted by atomic mass is 16.5. The van der Waals surface area contributed by atoms with Gasteiger partial charge < -0.3 is 15.4 Å². The normalized spacial score (nSPS) is 15.4. The molecule has 4 aromatic rings. The molecule has 1 atom stereocenters. The van der Waals surface area contributed by atoms with Gasteiger partial charge in [0.25, 0.3) is 5.56 Å². The lowest BCUT2D eigenvalue weighted by Gasteiger charge is -2.31. The molecule has 0 aliphatic carbocycles. The Kier molecular flexibility index (Phi) is 7.42. The molecule has 0 bridgehead atoms. The van der Waals surface area contributed by atoms with E-state index in [4.69, 9.17) is 15.5 Å². The maximum Gasteiger partial charge on any atom is 0.333 e. The molecule has 1 saturated heterocycles. The topological polar surface area (TPSA) is 143 Å². The average molecular weight is 531 g/mol. The number of benzene rings is 1. The minimum absolute atomic E-state index is 0.0303. The molecule has 202 valence electrons. The maximum atomic E-state index is 14.0. The van der Waals surface area contributed by atoms with E-state index in [1.807, 2.05) is 4.90 Å². The van der Waals surface area contributed by atoms with Gasteiger partial charge in [0.05, 0.1) is 30.7 Å². The zero-order chi connectivity index (χ0) is 27.5. The molecule has 0 spiro atoms. The minimum Gasteiger partial charge on any atom is -0.465 e. The van der Waals surface area contributed by atoms with Crippen LogP contribution in [0.2, 0.25) is 0 Å². The van der Waals surface area contributed by atoms with Crippen LogP contribution >= 0.6 is 0 Å². The standard InChI is InChI=1S/C27H30N8O4/c1-3-5-13-33-23-24(31-26(33)32-12-6-7-19(28)16-32)34(17-22(36)39-4-2)27(38)35(25(23)37)15-18-8-9-20-21(14-18)30-11-10-29-20/h8-11,14,19H,4,6-7,12-13,15-17,28H2,1-2H3. The zero-order valence-electron chi connectivity index (χ0n) is 22.0. The van der Waals surface area contributed by atoms with Crippen molar-refractivity contribution < 1.29 is 9.53 Å². The molecule has 12 nitrogen and oxygen atoms in total. The molecule has 39 heavy (non-hydrogen) atoms. The van der Waals surface area contributed by atoms with Crippen LogP contribution in [0.5, 0.6) is 0 Å². The number of hydrogen-bond donors (Lipinski definition) is 1. The molecule has 3 aromatic heterocycles. The van der Waals surface area contributed by atoms with Crippen LogP contribution in [0.15, 0.2) is 40.2 Å². The molecule has 1 aromatic carbocycles. The lowest BCUT2D eigenvalue weighted by molar-refractivity contribution is -0.143. The summed E-state index contributed by atoms with van der Waals surface area (Å²) >= 11 is 0. The summed E-state index contributed by atoms with van der Waals surface area (Å²) in [6, 6.07) is 5.33. The van der Waals surface area contributed by atoms with E-state index >= 15 is 0 Å². The lowest BCUT2D eigenvalue weighted by Crippen LogP contribution is -2.44. The Morgan fingerprint density at radius 2 is 1.95 bits per heavy atom. The second-order valence-corrected chi connectivity index (χ2v) is 9.39. The summed E-state index contributed by atoms with van der Waals surface area (Å²) in [5, 5.41) is 0. The number of hydrogen-bond acceptors (Lipinski definition) is 9. The van der Waals surface area contributed by atoms with Gasteiger partial charge in [-0.15, -0.1) is 5.92 Å². The SMILES string of the molecule is CC#CCn1c(N2CCCC(N)C2)nc2c1c(=O)n(Cc1ccc3nccnc3c1)c(=O)n2CC(=O)OCC.